The van der Waals surface area contributed by atoms with Gasteiger partial charge in [-0.3, -0.25) is 9.59 Å². The first-order valence-electron chi connectivity index (χ1n) is 5.74. The molecule has 0 aliphatic heterocycles. The van der Waals surface area contributed by atoms with E-state index in [-0.39, 0.29) is 30.7 Å². The number of carbonyl (C=O) groups is 2. The third-order valence-electron chi connectivity index (χ3n) is 2.72. The molecule has 1 rings (SSSR count). The maximum absolute atomic E-state index is 11.4. The molecule has 0 amide bonds. The molecule has 1 heterocycles. The number of ether oxygens (including phenoxy) is 3. The van der Waals surface area contributed by atoms with Gasteiger partial charge in [-0.05, 0) is 5.56 Å². The molecule has 0 aliphatic carbocycles. The number of pyridine rings is 1. The summed E-state index contributed by atoms with van der Waals surface area (Å²) in [6.07, 6.45) is 1.77. The normalized spacial score (nSPS) is 10.1. The summed E-state index contributed by atoms with van der Waals surface area (Å²) in [6.45, 7) is 0. The average Bonchev–Trinajstić information content (AvgIpc) is 2.46. The molecule has 6 heteroatoms. The first kappa shape index (κ1) is 14.9. The molecule has 1 aromatic heterocycles. The van der Waals surface area contributed by atoms with Crippen molar-refractivity contribution in [2.24, 2.45) is 0 Å². The minimum absolute atomic E-state index is 0.0968. The van der Waals surface area contributed by atoms with E-state index >= 15 is 0 Å². The van der Waals surface area contributed by atoms with Crippen molar-refractivity contribution in [2.45, 2.75) is 18.8 Å². The van der Waals surface area contributed by atoms with E-state index < -0.39 is 0 Å². The number of esters is 2. The standard InChI is InChI=1S/C13H17NO5/c1-17-11-5-4-9(8-14-11)10(6-12(15)18-2)7-13(16)19-3/h4-5,8,10H,6-7H2,1-3H3. The summed E-state index contributed by atoms with van der Waals surface area (Å²) in [7, 11) is 4.13. The predicted molar refractivity (Wildman–Crippen MR) is 66.8 cm³/mol. The van der Waals surface area contributed by atoms with Crippen LogP contribution in [0.15, 0.2) is 18.3 Å². The molecule has 0 fully saturated rings. The molecular weight excluding hydrogens is 250 g/mol. The van der Waals surface area contributed by atoms with E-state index in [2.05, 4.69) is 14.5 Å². The van der Waals surface area contributed by atoms with Crippen LogP contribution in [0, 0.1) is 0 Å². The Balaban J connectivity index is 2.86. The number of hydrogen-bond donors (Lipinski definition) is 0. The molecule has 0 bridgehead atoms. The van der Waals surface area contributed by atoms with Gasteiger partial charge in [0.05, 0.1) is 34.2 Å². The lowest BCUT2D eigenvalue weighted by Gasteiger charge is -2.14. The lowest BCUT2D eigenvalue weighted by molar-refractivity contribution is -0.143. The largest absolute Gasteiger partial charge is 0.481 e. The van der Waals surface area contributed by atoms with Crippen molar-refractivity contribution in [2.75, 3.05) is 21.3 Å². The molecule has 6 nitrogen and oxygen atoms in total. The Morgan fingerprint density at radius 3 is 2.05 bits per heavy atom. The van der Waals surface area contributed by atoms with Gasteiger partial charge in [-0.25, -0.2) is 4.98 Å². The van der Waals surface area contributed by atoms with Crippen LogP contribution in [0.3, 0.4) is 0 Å². The van der Waals surface area contributed by atoms with E-state index in [4.69, 9.17) is 4.74 Å². The van der Waals surface area contributed by atoms with Crippen LogP contribution in [0.2, 0.25) is 0 Å². The second-order valence-electron chi connectivity index (χ2n) is 3.89. The molecular formula is C13H17NO5. The molecule has 0 radical (unpaired) electrons. The van der Waals surface area contributed by atoms with E-state index in [1.165, 1.54) is 21.3 Å². The highest BCUT2D eigenvalue weighted by Crippen LogP contribution is 2.25. The van der Waals surface area contributed by atoms with Crippen LogP contribution in [-0.2, 0) is 19.1 Å². The monoisotopic (exact) mass is 267 g/mol. The van der Waals surface area contributed by atoms with Crippen LogP contribution >= 0.6 is 0 Å². The molecule has 0 unspecified atom stereocenters. The molecule has 0 saturated heterocycles. The Bertz CT molecular complexity index is 411. The molecule has 0 spiro atoms. The van der Waals surface area contributed by atoms with Crippen LogP contribution in [0.4, 0.5) is 0 Å². The number of hydrogen-bond acceptors (Lipinski definition) is 6. The number of aromatic nitrogens is 1. The van der Waals surface area contributed by atoms with Crippen molar-refractivity contribution >= 4 is 11.9 Å². The molecule has 1 aromatic rings. The summed E-state index contributed by atoms with van der Waals surface area (Å²) < 4.78 is 14.2. The molecule has 0 atom stereocenters. The summed E-state index contributed by atoms with van der Waals surface area (Å²) in [5, 5.41) is 0. The molecule has 0 saturated carbocycles. The van der Waals surface area contributed by atoms with Gasteiger partial charge >= 0.3 is 11.9 Å². The molecule has 0 aliphatic rings. The highest BCUT2D eigenvalue weighted by molar-refractivity contribution is 5.74. The second kappa shape index (κ2) is 7.35. The number of nitrogens with zero attached hydrogens (tertiary/aromatic N) is 1. The second-order valence-corrected chi connectivity index (χ2v) is 3.89. The fourth-order valence-corrected chi connectivity index (χ4v) is 1.63. The molecule has 19 heavy (non-hydrogen) atoms. The number of carbonyl (C=O) groups excluding carboxylic acids is 2. The zero-order valence-corrected chi connectivity index (χ0v) is 11.2. The van der Waals surface area contributed by atoms with Crippen LogP contribution in [0.1, 0.15) is 24.3 Å². The zero-order valence-electron chi connectivity index (χ0n) is 11.2. The summed E-state index contributed by atoms with van der Waals surface area (Å²) in [5.74, 6) is -0.619. The summed E-state index contributed by atoms with van der Waals surface area (Å²) >= 11 is 0. The molecule has 104 valence electrons. The maximum atomic E-state index is 11.4. The Morgan fingerprint density at radius 2 is 1.68 bits per heavy atom. The van der Waals surface area contributed by atoms with E-state index in [1.807, 2.05) is 0 Å². The fraction of sp³-hybridized carbons (Fsp3) is 0.462. The van der Waals surface area contributed by atoms with Gasteiger partial charge in [-0.2, -0.15) is 0 Å². The Morgan fingerprint density at radius 1 is 1.11 bits per heavy atom. The first-order chi connectivity index (χ1) is 9.10. The van der Waals surface area contributed by atoms with Crippen molar-refractivity contribution in [3.8, 4) is 5.88 Å². The van der Waals surface area contributed by atoms with Crippen molar-refractivity contribution in [3.63, 3.8) is 0 Å². The Hall–Kier alpha value is -2.11. The molecule has 0 aromatic carbocycles. The van der Waals surface area contributed by atoms with Gasteiger partial charge in [0, 0.05) is 18.2 Å². The number of methoxy groups -OCH3 is 3. The first-order valence-corrected chi connectivity index (χ1v) is 5.74. The van der Waals surface area contributed by atoms with Gasteiger partial charge in [0.25, 0.3) is 0 Å². The van der Waals surface area contributed by atoms with Crippen LogP contribution in [0.5, 0.6) is 5.88 Å². The van der Waals surface area contributed by atoms with Gasteiger partial charge in [0.2, 0.25) is 5.88 Å². The smallest absolute Gasteiger partial charge is 0.306 e. The van der Waals surface area contributed by atoms with Crippen LogP contribution in [-0.4, -0.2) is 38.3 Å². The summed E-state index contributed by atoms with van der Waals surface area (Å²) in [5.41, 5.74) is 0.761. The van der Waals surface area contributed by atoms with Crippen molar-refractivity contribution < 1.29 is 23.8 Å². The van der Waals surface area contributed by atoms with Crippen LogP contribution < -0.4 is 4.74 Å². The lowest BCUT2D eigenvalue weighted by Crippen LogP contribution is -2.14. The number of rotatable bonds is 6. The van der Waals surface area contributed by atoms with Gasteiger partial charge in [0.1, 0.15) is 0 Å². The Labute approximate surface area is 111 Å². The third kappa shape index (κ3) is 4.57. The quantitative estimate of drug-likeness (QED) is 0.723. The third-order valence-corrected chi connectivity index (χ3v) is 2.72. The topological polar surface area (TPSA) is 74.7 Å². The van der Waals surface area contributed by atoms with Crippen LogP contribution in [0.25, 0.3) is 0 Å². The lowest BCUT2D eigenvalue weighted by atomic mass is 9.94. The Kier molecular flexibility index (Phi) is 5.78. The zero-order chi connectivity index (χ0) is 14.3. The highest BCUT2D eigenvalue weighted by Gasteiger charge is 2.21. The van der Waals surface area contributed by atoms with E-state index in [0.717, 1.165) is 5.56 Å². The van der Waals surface area contributed by atoms with E-state index in [0.29, 0.717) is 5.88 Å². The van der Waals surface area contributed by atoms with E-state index in [9.17, 15) is 9.59 Å². The minimum atomic E-state index is -0.385. The minimum Gasteiger partial charge on any atom is -0.481 e. The fourth-order valence-electron chi connectivity index (χ4n) is 1.63. The maximum Gasteiger partial charge on any atom is 0.306 e. The highest BCUT2D eigenvalue weighted by atomic mass is 16.5. The van der Waals surface area contributed by atoms with Crippen molar-refractivity contribution in [1.29, 1.82) is 0 Å². The van der Waals surface area contributed by atoms with Gasteiger partial charge in [0.15, 0.2) is 0 Å². The van der Waals surface area contributed by atoms with Gasteiger partial charge < -0.3 is 14.2 Å². The van der Waals surface area contributed by atoms with Gasteiger partial charge in [-0.15, -0.1) is 0 Å². The van der Waals surface area contributed by atoms with Gasteiger partial charge in [-0.1, -0.05) is 6.07 Å². The average molecular weight is 267 g/mol. The molecule has 0 N–H and O–H groups in total. The summed E-state index contributed by atoms with van der Waals surface area (Å²) in [4.78, 5) is 26.8. The predicted octanol–water partition coefficient (Wildman–Crippen LogP) is 1.30. The van der Waals surface area contributed by atoms with E-state index in [1.54, 1.807) is 18.3 Å². The SMILES string of the molecule is COC(=O)CC(CC(=O)OC)c1ccc(OC)nc1. The van der Waals surface area contributed by atoms with Crippen molar-refractivity contribution in [3.05, 3.63) is 23.9 Å². The summed E-state index contributed by atoms with van der Waals surface area (Å²) in [6, 6.07) is 3.44. The van der Waals surface area contributed by atoms with Crippen molar-refractivity contribution in [1.82, 2.24) is 4.98 Å².